The van der Waals surface area contributed by atoms with Gasteiger partial charge in [-0.2, -0.15) is 0 Å². The lowest BCUT2D eigenvalue weighted by atomic mass is 9.97. The van der Waals surface area contributed by atoms with E-state index in [0.717, 1.165) is 12.8 Å². The average Bonchev–Trinajstić information content (AvgIpc) is 2.44. The molecule has 0 saturated heterocycles. The van der Waals surface area contributed by atoms with Gasteiger partial charge in [0.05, 0.1) is 25.6 Å². The van der Waals surface area contributed by atoms with E-state index in [-0.39, 0.29) is 18.8 Å². The highest BCUT2D eigenvalue weighted by Crippen LogP contribution is 2.17. The zero-order valence-electron chi connectivity index (χ0n) is 12.7. The summed E-state index contributed by atoms with van der Waals surface area (Å²) in [6.07, 6.45) is 2.71. The van der Waals surface area contributed by atoms with E-state index < -0.39 is 30.2 Å². The Labute approximate surface area is 125 Å². The lowest BCUT2D eigenvalue weighted by molar-refractivity contribution is -0.152. The second kappa shape index (κ2) is 10.9. The van der Waals surface area contributed by atoms with Crippen LogP contribution in [0.3, 0.4) is 0 Å². The number of unbranched alkanes of at least 4 members (excludes halogenated alkanes) is 2. The van der Waals surface area contributed by atoms with Gasteiger partial charge >= 0.3 is 17.9 Å². The highest BCUT2D eigenvalue weighted by molar-refractivity contribution is 5.96. The van der Waals surface area contributed by atoms with Crippen LogP contribution in [0.15, 0.2) is 12.2 Å². The van der Waals surface area contributed by atoms with Gasteiger partial charge in [0, 0.05) is 5.57 Å². The van der Waals surface area contributed by atoms with E-state index in [9.17, 15) is 14.4 Å². The number of carbonyl (C=O) groups is 3. The van der Waals surface area contributed by atoms with Crippen molar-refractivity contribution in [1.29, 1.82) is 0 Å². The molecule has 0 fully saturated rings. The molecule has 0 aliphatic heterocycles. The van der Waals surface area contributed by atoms with Crippen LogP contribution < -0.4 is 0 Å². The lowest BCUT2D eigenvalue weighted by Crippen LogP contribution is -2.26. The molecule has 0 aromatic heterocycles. The van der Waals surface area contributed by atoms with Gasteiger partial charge in [-0.05, 0) is 12.8 Å². The first-order valence-corrected chi connectivity index (χ1v) is 7.18. The topological polar surface area (TPSA) is 89.9 Å². The second-order valence-corrected chi connectivity index (χ2v) is 4.68. The summed E-state index contributed by atoms with van der Waals surface area (Å²) >= 11 is 0. The number of ether oxygens (including phenoxy) is 2. The summed E-state index contributed by atoms with van der Waals surface area (Å²) in [5.74, 6) is -4.04. The van der Waals surface area contributed by atoms with E-state index in [0.29, 0.717) is 12.8 Å². The molecule has 6 nitrogen and oxygen atoms in total. The summed E-state index contributed by atoms with van der Waals surface area (Å²) < 4.78 is 9.80. The van der Waals surface area contributed by atoms with E-state index in [4.69, 9.17) is 14.6 Å². The number of carboxylic acid groups (broad SMARTS) is 1. The van der Waals surface area contributed by atoms with E-state index in [1.165, 1.54) is 0 Å². The summed E-state index contributed by atoms with van der Waals surface area (Å²) in [7, 11) is 0. The fourth-order valence-corrected chi connectivity index (χ4v) is 1.46. The number of esters is 2. The van der Waals surface area contributed by atoms with Crippen LogP contribution in [0, 0.1) is 5.92 Å². The first-order chi connectivity index (χ1) is 9.93. The molecule has 21 heavy (non-hydrogen) atoms. The molecule has 0 amide bonds. The summed E-state index contributed by atoms with van der Waals surface area (Å²) in [6, 6.07) is 0. The highest BCUT2D eigenvalue weighted by atomic mass is 16.5. The molecule has 1 unspecified atom stereocenters. The van der Waals surface area contributed by atoms with Crippen molar-refractivity contribution in [2.24, 2.45) is 5.92 Å². The Hall–Kier alpha value is -1.85. The second-order valence-electron chi connectivity index (χ2n) is 4.68. The number of hydrogen-bond donors (Lipinski definition) is 1. The molecule has 0 aromatic carbocycles. The van der Waals surface area contributed by atoms with Gasteiger partial charge in [-0.15, -0.1) is 0 Å². The van der Waals surface area contributed by atoms with Gasteiger partial charge in [0.15, 0.2) is 0 Å². The molecule has 0 aliphatic carbocycles. The molecule has 0 aromatic rings. The van der Waals surface area contributed by atoms with Crippen LogP contribution >= 0.6 is 0 Å². The van der Waals surface area contributed by atoms with E-state index in [1.54, 1.807) is 0 Å². The summed E-state index contributed by atoms with van der Waals surface area (Å²) in [5.41, 5.74) is -0.231. The van der Waals surface area contributed by atoms with E-state index in [2.05, 4.69) is 6.58 Å². The third kappa shape index (κ3) is 8.12. The Bertz CT molecular complexity index is 374. The van der Waals surface area contributed by atoms with Crippen molar-refractivity contribution in [1.82, 2.24) is 0 Å². The van der Waals surface area contributed by atoms with Crippen molar-refractivity contribution >= 4 is 17.9 Å². The van der Waals surface area contributed by atoms with Gasteiger partial charge in [0.1, 0.15) is 0 Å². The predicted molar refractivity (Wildman–Crippen MR) is 76.6 cm³/mol. The maximum atomic E-state index is 11.7. The van der Waals surface area contributed by atoms with Crippen LogP contribution in [0.5, 0.6) is 0 Å². The molecule has 120 valence electrons. The molecule has 0 saturated carbocycles. The molecule has 1 N–H and O–H groups in total. The molecular formula is C15H24O6. The fourth-order valence-electron chi connectivity index (χ4n) is 1.46. The zero-order chi connectivity index (χ0) is 16.3. The number of hydrogen-bond acceptors (Lipinski definition) is 5. The van der Waals surface area contributed by atoms with Crippen molar-refractivity contribution in [3.63, 3.8) is 0 Å². The van der Waals surface area contributed by atoms with Crippen LogP contribution in [0.25, 0.3) is 0 Å². The van der Waals surface area contributed by atoms with E-state index in [1.807, 2.05) is 13.8 Å². The van der Waals surface area contributed by atoms with Gasteiger partial charge in [-0.25, -0.2) is 4.79 Å². The summed E-state index contributed by atoms with van der Waals surface area (Å²) in [4.78, 5) is 34.4. The number of carboxylic acids is 1. The highest BCUT2D eigenvalue weighted by Gasteiger charge is 2.29. The largest absolute Gasteiger partial charge is 0.481 e. The Kier molecular flexibility index (Phi) is 9.92. The van der Waals surface area contributed by atoms with Crippen LogP contribution in [-0.2, 0) is 23.9 Å². The van der Waals surface area contributed by atoms with Crippen molar-refractivity contribution in [3.05, 3.63) is 12.2 Å². The quantitative estimate of drug-likeness (QED) is 0.358. The van der Waals surface area contributed by atoms with Gasteiger partial charge < -0.3 is 14.6 Å². The van der Waals surface area contributed by atoms with Gasteiger partial charge in [-0.1, -0.05) is 33.3 Å². The lowest BCUT2D eigenvalue weighted by Gasteiger charge is -2.14. The van der Waals surface area contributed by atoms with Crippen molar-refractivity contribution in [2.45, 2.75) is 46.0 Å². The first-order valence-electron chi connectivity index (χ1n) is 7.18. The molecule has 6 heteroatoms. The number of rotatable bonds is 11. The summed E-state index contributed by atoms with van der Waals surface area (Å²) in [5, 5.41) is 9.11. The first kappa shape index (κ1) is 19.1. The molecular weight excluding hydrogens is 276 g/mol. The maximum absolute atomic E-state index is 11.7. The molecule has 0 bridgehead atoms. The maximum Gasteiger partial charge on any atom is 0.334 e. The average molecular weight is 300 g/mol. The van der Waals surface area contributed by atoms with Crippen LogP contribution in [0.4, 0.5) is 0 Å². The summed E-state index contributed by atoms with van der Waals surface area (Å²) in [6.45, 7) is 7.78. The van der Waals surface area contributed by atoms with Crippen LogP contribution in [0.1, 0.15) is 46.0 Å². The van der Waals surface area contributed by atoms with Gasteiger partial charge in [-0.3, -0.25) is 9.59 Å². The smallest absolute Gasteiger partial charge is 0.334 e. The van der Waals surface area contributed by atoms with Gasteiger partial charge in [0.2, 0.25) is 0 Å². The third-order valence-corrected chi connectivity index (χ3v) is 2.84. The molecule has 0 rings (SSSR count). The van der Waals surface area contributed by atoms with Crippen LogP contribution in [0.2, 0.25) is 0 Å². The Balaban J connectivity index is 4.46. The molecule has 0 aliphatic rings. The molecule has 0 heterocycles. The fraction of sp³-hybridized carbons (Fsp3) is 0.667. The minimum absolute atomic E-state index is 0.210. The van der Waals surface area contributed by atoms with Crippen molar-refractivity contribution < 1.29 is 29.0 Å². The monoisotopic (exact) mass is 300 g/mol. The zero-order valence-corrected chi connectivity index (χ0v) is 12.7. The molecule has 0 radical (unpaired) electrons. The Morgan fingerprint density at radius 3 is 2.05 bits per heavy atom. The Morgan fingerprint density at radius 2 is 1.57 bits per heavy atom. The predicted octanol–water partition coefficient (Wildman–Crippen LogP) is 2.32. The minimum Gasteiger partial charge on any atom is -0.481 e. The third-order valence-electron chi connectivity index (χ3n) is 2.84. The van der Waals surface area contributed by atoms with E-state index >= 15 is 0 Å². The standard InChI is InChI=1S/C15H24O6/c1-4-6-8-20-13(16)10-12(14(17)18)11(3)15(19)21-9-7-5-2/h12H,3-10H2,1-2H3,(H,17,18). The molecule has 1 atom stereocenters. The Morgan fingerprint density at radius 1 is 1.05 bits per heavy atom. The van der Waals surface area contributed by atoms with Crippen LogP contribution in [-0.4, -0.2) is 36.2 Å². The molecule has 0 spiro atoms. The van der Waals surface area contributed by atoms with Crippen molar-refractivity contribution in [3.8, 4) is 0 Å². The SMILES string of the molecule is C=C(C(=O)OCCCC)C(CC(=O)OCCCC)C(=O)O. The van der Waals surface area contributed by atoms with Crippen molar-refractivity contribution in [2.75, 3.05) is 13.2 Å². The van der Waals surface area contributed by atoms with Gasteiger partial charge in [0.25, 0.3) is 0 Å². The number of aliphatic carboxylic acids is 1. The normalized spacial score (nSPS) is 11.5. The number of carbonyl (C=O) groups excluding carboxylic acids is 2. The minimum atomic E-state index is -1.31.